The highest BCUT2D eigenvalue weighted by atomic mass is 35.5. The third-order valence-electron chi connectivity index (χ3n) is 3.00. The van der Waals surface area contributed by atoms with Crippen LogP contribution in [0.25, 0.3) is 0 Å². The van der Waals surface area contributed by atoms with Gasteiger partial charge in [0.05, 0.1) is 5.60 Å². The van der Waals surface area contributed by atoms with Gasteiger partial charge in [-0.05, 0) is 43.0 Å². The zero-order valence-electron chi connectivity index (χ0n) is 9.34. The minimum Gasteiger partial charge on any atom is -0.390 e. The molecule has 16 heavy (non-hydrogen) atoms. The molecule has 1 saturated carbocycles. The third-order valence-corrected chi connectivity index (χ3v) is 3.61. The lowest BCUT2D eigenvalue weighted by Gasteiger charge is -2.23. The molecule has 88 valence electrons. The van der Waals surface area contributed by atoms with E-state index in [0.29, 0.717) is 22.4 Å². The average molecular weight is 259 g/mol. The van der Waals surface area contributed by atoms with Gasteiger partial charge in [0.25, 0.3) is 0 Å². The van der Waals surface area contributed by atoms with Gasteiger partial charge in [-0.25, -0.2) is 0 Å². The Hall–Kier alpha value is -0.240. The molecule has 0 radical (unpaired) electrons. The van der Waals surface area contributed by atoms with Crippen molar-refractivity contribution in [1.82, 2.24) is 0 Å². The van der Waals surface area contributed by atoms with Gasteiger partial charge in [0, 0.05) is 16.5 Å². The summed E-state index contributed by atoms with van der Waals surface area (Å²) in [5, 5.41) is 11.6. The Morgan fingerprint density at radius 1 is 1.38 bits per heavy atom. The van der Waals surface area contributed by atoms with Crippen LogP contribution in [0.2, 0.25) is 10.0 Å². The Kier molecular flexibility index (Phi) is 3.48. The van der Waals surface area contributed by atoms with Gasteiger partial charge in [0.15, 0.2) is 0 Å². The van der Waals surface area contributed by atoms with Gasteiger partial charge in [0.1, 0.15) is 0 Å². The third kappa shape index (κ3) is 3.38. The fourth-order valence-electron chi connectivity index (χ4n) is 2.11. The zero-order chi connectivity index (χ0) is 11.8. The molecule has 2 rings (SSSR count). The van der Waals surface area contributed by atoms with Crippen molar-refractivity contribution in [2.24, 2.45) is 5.92 Å². The molecule has 0 amide bonds. The lowest BCUT2D eigenvalue weighted by Crippen LogP contribution is -2.28. The van der Waals surface area contributed by atoms with Gasteiger partial charge < -0.3 is 5.11 Å². The number of hydrogen-bond acceptors (Lipinski definition) is 1. The van der Waals surface area contributed by atoms with Gasteiger partial charge in [0.2, 0.25) is 0 Å². The van der Waals surface area contributed by atoms with Crippen LogP contribution in [-0.2, 0) is 6.42 Å². The summed E-state index contributed by atoms with van der Waals surface area (Å²) < 4.78 is 0. The monoisotopic (exact) mass is 258 g/mol. The molecule has 0 aromatic heterocycles. The lowest BCUT2D eigenvalue weighted by molar-refractivity contribution is 0.0455. The molecule has 0 aliphatic heterocycles. The summed E-state index contributed by atoms with van der Waals surface area (Å²) in [6.07, 6.45) is 3.93. The normalized spacial score (nSPS) is 19.5. The van der Waals surface area contributed by atoms with Crippen LogP contribution in [0.5, 0.6) is 0 Å². The number of halogens is 2. The fourth-order valence-corrected chi connectivity index (χ4v) is 2.48. The smallest absolute Gasteiger partial charge is 0.0663 e. The number of hydrogen-bond donors (Lipinski definition) is 1. The van der Waals surface area contributed by atoms with Crippen molar-refractivity contribution in [2.75, 3.05) is 0 Å². The molecule has 1 aliphatic carbocycles. The van der Waals surface area contributed by atoms with E-state index >= 15 is 0 Å². The minimum atomic E-state index is -0.671. The molecule has 0 saturated heterocycles. The Labute approximate surface area is 106 Å². The second kappa shape index (κ2) is 4.56. The van der Waals surface area contributed by atoms with Crippen LogP contribution in [0, 0.1) is 5.92 Å². The Balaban J connectivity index is 2.08. The first-order valence-corrected chi connectivity index (χ1v) is 6.38. The maximum atomic E-state index is 10.3. The average Bonchev–Trinajstić information content (AvgIpc) is 2.94. The lowest BCUT2D eigenvalue weighted by atomic mass is 9.91. The van der Waals surface area contributed by atoms with Gasteiger partial charge in [-0.3, -0.25) is 0 Å². The largest absolute Gasteiger partial charge is 0.390 e. The highest BCUT2D eigenvalue weighted by Crippen LogP contribution is 2.38. The first kappa shape index (κ1) is 12.2. The molecule has 1 aromatic rings. The Morgan fingerprint density at radius 2 is 2.06 bits per heavy atom. The van der Waals surface area contributed by atoms with Crippen LogP contribution >= 0.6 is 23.2 Å². The van der Waals surface area contributed by atoms with Crippen molar-refractivity contribution >= 4 is 23.2 Å². The molecular formula is C13H16Cl2O. The van der Waals surface area contributed by atoms with Crippen molar-refractivity contribution in [3.8, 4) is 0 Å². The van der Waals surface area contributed by atoms with Gasteiger partial charge in [-0.1, -0.05) is 36.0 Å². The molecule has 1 fully saturated rings. The number of aliphatic hydroxyl groups is 1. The summed E-state index contributed by atoms with van der Waals surface area (Å²) in [6.45, 7) is 1.88. The summed E-state index contributed by atoms with van der Waals surface area (Å²) in [7, 11) is 0. The first-order chi connectivity index (χ1) is 7.46. The fraction of sp³-hybridized carbons (Fsp3) is 0.538. The molecule has 1 aliphatic rings. The second-order valence-corrected chi connectivity index (χ2v) is 5.90. The van der Waals surface area contributed by atoms with E-state index in [1.54, 1.807) is 12.1 Å². The van der Waals surface area contributed by atoms with Crippen LogP contribution in [-0.4, -0.2) is 10.7 Å². The standard InChI is InChI=1S/C13H16Cl2O/c1-13(16,7-9-2-3-9)8-10-6-11(14)4-5-12(10)15/h4-6,9,16H,2-3,7-8H2,1H3. The van der Waals surface area contributed by atoms with Crippen LogP contribution < -0.4 is 0 Å². The van der Waals surface area contributed by atoms with Crippen molar-refractivity contribution in [3.63, 3.8) is 0 Å². The zero-order valence-corrected chi connectivity index (χ0v) is 10.9. The predicted molar refractivity (Wildman–Crippen MR) is 68.1 cm³/mol. The second-order valence-electron chi connectivity index (χ2n) is 5.06. The summed E-state index contributed by atoms with van der Waals surface area (Å²) >= 11 is 12.0. The molecule has 1 nitrogen and oxygen atoms in total. The van der Waals surface area contributed by atoms with Crippen molar-refractivity contribution in [2.45, 2.75) is 38.2 Å². The Bertz CT molecular complexity index is 384. The maximum Gasteiger partial charge on any atom is 0.0663 e. The SMILES string of the molecule is CC(O)(Cc1cc(Cl)ccc1Cl)CC1CC1. The number of benzene rings is 1. The van der Waals surface area contributed by atoms with Gasteiger partial charge in [-0.15, -0.1) is 0 Å². The molecule has 3 heteroatoms. The summed E-state index contributed by atoms with van der Waals surface area (Å²) in [6, 6.07) is 5.39. The van der Waals surface area contributed by atoms with E-state index in [1.165, 1.54) is 12.8 Å². The van der Waals surface area contributed by atoms with Crippen molar-refractivity contribution in [3.05, 3.63) is 33.8 Å². The molecule has 0 spiro atoms. The summed E-state index contributed by atoms with van der Waals surface area (Å²) in [5.41, 5.74) is 0.259. The Morgan fingerprint density at radius 3 is 2.69 bits per heavy atom. The summed E-state index contributed by atoms with van der Waals surface area (Å²) in [4.78, 5) is 0. The molecule has 1 unspecified atom stereocenters. The van der Waals surface area contributed by atoms with E-state index in [9.17, 15) is 5.11 Å². The van der Waals surface area contributed by atoms with E-state index in [4.69, 9.17) is 23.2 Å². The first-order valence-electron chi connectivity index (χ1n) is 5.63. The number of rotatable bonds is 4. The van der Waals surface area contributed by atoms with Crippen molar-refractivity contribution in [1.29, 1.82) is 0 Å². The van der Waals surface area contributed by atoms with Crippen molar-refractivity contribution < 1.29 is 5.11 Å². The van der Waals surface area contributed by atoms with Crippen LogP contribution in [0.1, 0.15) is 31.7 Å². The predicted octanol–water partition coefficient (Wildman–Crippen LogP) is 4.09. The molecule has 1 atom stereocenters. The van der Waals surface area contributed by atoms with Gasteiger partial charge in [-0.2, -0.15) is 0 Å². The van der Waals surface area contributed by atoms with E-state index < -0.39 is 5.60 Å². The van der Waals surface area contributed by atoms with E-state index in [-0.39, 0.29) is 0 Å². The van der Waals surface area contributed by atoms with Gasteiger partial charge >= 0.3 is 0 Å². The topological polar surface area (TPSA) is 20.2 Å². The maximum absolute atomic E-state index is 10.3. The highest BCUT2D eigenvalue weighted by Gasteiger charge is 2.32. The van der Waals surface area contributed by atoms with Crippen LogP contribution in [0.15, 0.2) is 18.2 Å². The van der Waals surface area contributed by atoms with Crippen LogP contribution in [0.4, 0.5) is 0 Å². The quantitative estimate of drug-likeness (QED) is 0.863. The molecule has 0 heterocycles. The van der Waals surface area contributed by atoms with Crippen LogP contribution in [0.3, 0.4) is 0 Å². The van der Waals surface area contributed by atoms with E-state index in [2.05, 4.69) is 0 Å². The minimum absolute atomic E-state index is 0.572. The van der Waals surface area contributed by atoms with E-state index in [1.807, 2.05) is 13.0 Å². The molecule has 1 N–H and O–H groups in total. The summed E-state index contributed by atoms with van der Waals surface area (Å²) in [5.74, 6) is 0.702. The molecule has 0 bridgehead atoms. The highest BCUT2D eigenvalue weighted by molar-refractivity contribution is 6.33. The van der Waals surface area contributed by atoms with E-state index in [0.717, 1.165) is 12.0 Å². The molecular weight excluding hydrogens is 243 g/mol. The molecule has 1 aromatic carbocycles.